The predicted octanol–water partition coefficient (Wildman–Crippen LogP) is 6.84. The van der Waals surface area contributed by atoms with Gasteiger partial charge in [0.1, 0.15) is 18.2 Å². The van der Waals surface area contributed by atoms with Crippen LogP contribution in [-0.4, -0.2) is 39.9 Å². The van der Waals surface area contributed by atoms with Crippen LogP contribution in [0.3, 0.4) is 0 Å². The number of rotatable bonds is 7. The lowest BCUT2D eigenvalue weighted by Gasteiger charge is -2.22. The molecule has 2 heterocycles. The van der Waals surface area contributed by atoms with Crippen molar-refractivity contribution >= 4 is 39.4 Å². The van der Waals surface area contributed by atoms with E-state index in [-0.39, 0.29) is 0 Å². The number of aliphatic carboxylic acids is 1. The summed E-state index contributed by atoms with van der Waals surface area (Å²) in [6.07, 6.45) is -0.0456. The van der Waals surface area contributed by atoms with E-state index in [1.54, 1.807) is 0 Å². The Morgan fingerprint density at radius 3 is 2.45 bits per heavy atom. The fraction of sp³-hybridized carbons (Fsp3) is 0.357. The summed E-state index contributed by atoms with van der Waals surface area (Å²) in [5, 5.41) is 13.8. The molecule has 5 rings (SSSR count). The minimum Gasteiger partial charge on any atom is -0.486 e. The molecule has 1 atom stereocenters. The van der Waals surface area contributed by atoms with Gasteiger partial charge in [-0.1, -0.05) is 35.9 Å². The Balaban J connectivity index is 0.000000426. The Morgan fingerprint density at radius 2 is 1.82 bits per heavy atom. The average molecular weight is 548 g/mol. The van der Waals surface area contributed by atoms with Gasteiger partial charge in [-0.25, -0.2) is 9.78 Å². The van der Waals surface area contributed by atoms with Crippen LogP contribution in [0.1, 0.15) is 31.5 Å². The number of imidazole rings is 1. The monoisotopic (exact) mass is 547 g/mol. The molecule has 0 amide bonds. The molecule has 0 aliphatic carbocycles. The fourth-order valence-corrected chi connectivity index (χ4v) is 4.73. The molecule has 0 radical (unpaired) electrons. The normalized spacial score (nSPS) is 15.7. The summed E-state index contributed by atoms with van der Waals surface area (Å²) < 4.78 is 40.2. The smallest absolute Gasteiger partial charge is 0.486 e. The van der Waals surface area contributed by atoms with Gasteiger partial charge in [0.2, 0.25) is 0 Å². The first-order valence-corrected chi connectivity index (χ1v) is 12.9. The summed E-state index contributed by atoms with van der Waals surface area (Å²) >= 11 is 6.00. The number of ether oxygens (including phenoxy) is 1. The largest absolute Gasteiger partial charge is 0.490 e. The van der Waals surface area contributed by atoms with E-state index in [0.717, 1.165) is 42.5 Å². The predicted molar refractivity (Wildman–Crippen MR) is 142 cm³/mol. The van der Waals surface area contributed by atoms with Crippen molar-refractivity contribution in [2.45, 2.75) is 45.0 Å². The SMILES string of the molecule is Clc1ccc(OCc2nc3cc4ccccc4cc3n2CCCC2CCCNC2)cc1.O=C(O)C(F)(F)F. The molecule has 0 spiro atoms. The number of halogens is 4. The zero-order valence-corrected chi connectivity index (χ0v) is 21.4. The summed E-state index contributed by atoms with van der Waals surface area (Å²) in [6.45, 7) is 3.73. The van der Waals surface area contributed by atoms with Crippen LogP contribution < -0.4 is 10.1 Å². The molecule has 0 saturated carbocycles. The van der Waals surface area contributed by atoms with Gasteiger partial charge in [0.15, 0.2) is 0 Å². The first kappa shape index (κ1) is 27.7. The Bertz CT molecular complexity index is 1370. The first-order chi connectivity index (χ1) is 18.2. The van der Waals surface area contributed by atoms with Crippen molar-refractivity contribution in [3.05, 3.63) is 71.5 Å². The summed E-state index contributed by atoms with van der Waals surface area (Å²) in [4.78, 5) is 13.9. The number of benzene rings is 3. The highest BCUT2D eigenvalue weighted by molar-refractivity contribution is 6.30. The topological polar surface area (TPSA) is 76.4 Å². The van der Waals surface area contributed by atoms with Gasteiger partial charge in [-0.05, 0) is 91.9 Å². The molecule has 1 saturated heterocycles. The highest BCUT2D eigenvalue weighted by Crippen LogP contribution is 2.26. The third-order valence-corrected chi connectivity index (χ3v) is 6.76. The number of aromatic nitrogens is 2. The number of nitrogens with one attached hydrogen (secondary N) is 1. The minimum atomic E-state index is -5.08. The van der Waals surface area contributed by atoms with Crippen molar-refractivity contribution in [3.8, 4) is 5.75 Å². The average Bonchev–Trinajstić information content (AvgIpc) is 3.23. The number of alkyl halides is 3. The highest BCUT2D eigenvalue weighted by atomic mass is 35.5. The van der Waals surface area contributed by atoms with Crippen molar-refractivity contribution in [1.29, 1.82) is 0 Å². The molecule has 6 nitrogen and oxygen atoms in total. The molecular weight excluding hydrogens is 519 g/mol. The van der Waals surface area contributed by atoms with Crippen LogP contribution in [0.2, 0.25) is 5.02 Å². The number of hydrogen-bond donors (Lipinski definition) is 2. The fourth-order valence-electron chi connectivity index (χ4n) is 4.61. The second-order valence-corrected chi connectivity index (χ2v) is 9.70. The zero-order valence-electron chi connectivity index (χ0n) is 20.7. The Hall–Kier alpha value is -3.30. The number of hydrogen-bond acceptors (Lipinski definition) is 4. The molecule has 1 unspecified atom stereocenters. The van der Waals surface area contributed by atoms with Gasteiger partial charge in [0, 0.05) is 11.6 Å². The van der Waals surface area contributed by atoms with Crippen LogP contribution in [0.15, 0.2) is 60.7 Å². The third kappa shape index (κ3) is 7.39. The summed E-state index contributed by atoms with van der Waals surface area (Å²) in [7, 11) is 0. The summed E-state index contributed by atoms with van der Waals surface area (Å²) in [5.74, 6) is -0.186. The molecular formula is C28H29ClF3N3O3. The van der Waals surface area contributed by atoms with Gasteiger partial charge in [-0.2, -0.15) is 13.2 Å². The van der Waals surface area contributed by atoms with Gasteiger partial charge in [0.05, 0.1) is 11.0 Å². The molecule has 1 aliphatic heterocycles. The first-order valence-electron chi connectivity index (χ1n) is 12.5. The number of fused-ring (bicyclic) bond motifs is 2. The van der Waals surface area contributed by atoms with E-state index in [1.807, 2.05) is 24.3 Å². The van der Waals surface area contributed by atoms with Crippen molar-refractivity contribution in [2.75, 3.05) is 13.1 Å². The molecule has 1 aromatic heterocycles. The molecule has 3 aromatic carbocycles. The van der Waals surface area contributed by atoms with Crippen LogP contribution in [0, 0.1) is 5.92 Å². The maximum atomic E-state index is 10.6. The van der Waals surface area contributed by atoms with E-state index < -0.39 is 12.1 Å². The van der Waals surface area contributed by atoms with Gasteiger partial charge >= 0.3 is 12.1 Å². The lowest BCUT2D eigenvalue weighted by molar-refractivity contribution is -0.192. The standard InChI is InChI=1S/C26H28ClN3O.C2HF3O2/c27-22-9-11-23(12-10-22)31-18-26-29-24-15-20-7-1-2-8-21(20)16-25(24)30(26)14-4-6-19-5-3-13-28-17-19;3-2(4,5)1(6)7/h1-2,7-12,15-16,19,28H,3-6,13-14,17-18H2;(H,6,7). The molecule has 10 heteroatoms. The van der Waals surface area contributed by atoms with Crippen LogP contribution in [0.5, 0.6) is 5.75 Å². The number of carboxylic acid groups (broad SMARTS) is 1. The lowest BCUT2D eigenvalue weighted by Crippen LogP contribution is -2.29. The second-order valence-electron chi connectivity index (χ2n) is 9.27. The van der Waals surface area contributed by atoms with Crippen LogP contribution in [-0.2, 0) is 17.9 Å². The maximum absolute atomic E-state index is 10.6. The van der Waals surface area contributed by atoms with E-state index >= 15 is 0 Å². The van der Waals surface area contributed by atoms with E-state index in [2.05, 4.69) is 46.3 Å². The molecule has 38 heavy (non-hydrogen) atoms. The molecule has 1 aliphatic rings. The zero-order chi connectivity index (χ0) is 27.1. The van der Waals surface area contributed by atoms with Crippen molar-refractivity contribution in [1.82, 2.24) is 14.9 Å². The van der Waals surface area contributed by atoms with Gasteiger partial charge in [-0.3, -0.25) is 0 Å². The number of carboxylic acids is 1. The van der Waals surface area contributed by atoms with Gasteiger partial charge < -0.3 is 19.7 Å². The maximum Gasteiger partial charge on any atom is 0.490 e. The molecule has 2 N–H and O–H groups in total. The third-order valence-electron chi connectivity index (χ3n) is 6.51. The molecule has 4 aromatic rings. The second kappa shape index (κ2) is 12.5. The van der Waals surface area contributed by atoms with Crippen molar-refractivity contribution in [3.63, 3.8) is 0 Å². The Labute approximate surface area is 223 Å². The van der Waals surface area contributed by atoms with Gasteiger partial charge in [-0.15, -0.1) is 0 Å². The van der Waals surface area contributed by atoms with Crippen LogP contribution in [0.25, 0.3) is 21.8 Å². The van der Waals surface area contributed by atoms with Gasteiger partial charge in [0.25, 0.3) is 0 Å². The highest BCUT2D eigenvalue weighted by Gasteiger charge is 2.38. The number of nitrogens with zero attached hydrogens (tertiary/aromatic N) is 2. The van der Waals surface area contributed by atoms with E-state index in [1.165, 1.54) is 42.1 Å². The summed E-state index contributed by atoms with van der Waals surface area (Å²) in [6, 6.07) is 20.5. The van der Waals surface area contributed by atoms with Crippen molar-refractivity contribution < 1.29 is 27.8 Å². The Morgan fingerprint density at radius 1 is 1.13 bits per heavy atom. The number of carbonyl (C=O) groups is 1. The quantitative estimate of drug-likeness (QED) is 0.265. The molecule has 0 bridgehead atoms. The number of aryl methyl sites for hydroxylation is 1. The van der Waals surface area contributed by atoms with Crippen molar-refractivity contribution in [2.24, 2.45) is 5.92 Å². The minimum absolute atomic E-state index is 0.442. The molecule has 1 fully saturated rings. The Kier molecular flexibility index (Phi) is 9.12. The van der Waals surface area contributed by atoms with Crippen LogP contribution >= 0.6 is 11.6 Å². The summed E-state index contributed by atoms with van der Waals surface area (Å²) in [5.41, 5.74) is 2.22. The lowest BCUT2D eigenvalue weighted by atomic mass is 9.95. The molecule has 202 valence electrons. The van der Waals surface area contributed by atoms with E-state index in [0.29, 0.717) is 11.6 Å². The van der Waals surface area contributed by atoms with Crippen LogP contribution in [0.4, 0.5) is 13.2 Å². The van der Waals surface area contributed by atoms with E-state index in [4.69, 9.17) is 31.2 Å². The van der Waals surface area contributed by atoms with E-state index in [9.17, 15) is 13.2 Å². The number of piperidine rings is 1.